The van der Waals surface area contributed by atoms with Crippen LogP contribution in [-0.2, 0) is 4.74 Å². The summed E-state index contributed by atoms with van der Waals surface area (Å²) in [6.45, 7) is 2.10. The molecule has 0 bridgehead atoms. The van der Waals surface area contributed by atoms with Crippen LogP contribution >= 0.6 is 0 Å². The Bertz CT molecular complexity index is 112. The molecule has 0 aromatic carbocycles. The topological polar surface area (TPSA) is 21.3 Å². The second-order valence-corrected chi connectivity index (χ2v) is 3.37. The molecule has 0 aromatic rings. The van der Waals surface area contributed by atoms with Gasteiger partial charge in [-0.1, -0.05) is 12.8 Å². The van der Waals surface area contributed by atoms with Crippen molar-refractivity contribution in [1.29, 1.82) is 0 Å². The maximum absolute atomic E-state index is 5.65. The molecule has 3 unspecified atom stereocenters. The van der Waals surface area contributed by atoms with E-state index in [0.717, 1.165) is 0 Å². The number of hydrogen-bond donors (Lipinski definition) is 1. The SMILES string of the molecule is CC1NC2CCCCC2O1. The highest BCUT2D eigenvalue weighted by Crippen LogP contribution is 2.26. The van der Waals surface area contributed by atoms with Crippen molar-refractivity contribution in [3.63, 3.8) is 0 Å². The van der Waals surface area contributed by atoms with E-state index in [1.54, 1.807) is 0 Å². The molecule has 1 saturated carbocycles. The van der Waals surface area contributed by atoms with Gasteiger partial charge in [0, 0.05) is 6.04 Å². The van der Waals surface area contributed by atoms with E-state index in [0.29, 0.717) is 18.4 Å². The normalized spacial score (nSPS) is 47.1. The summed E-state index contributed by atoms with van der Waals surface area (Å²) in [6, 6.07) is 0.670. The zero-order valence-corrected chi connectivity index (χ0v) is 6.47. The fourth-order valence-corrected chi connectivity index (χ4v) is 2.05. The summed E-state index contributed by atoms with van der Waals surface area (Å²) in [4.78, 5) is 0. The summed E-state index contributed by atoms with van der Waals surface area (Å²) in [5.41, 5.74) is 0. The monoisotopic (exact) mass is 141 g/mol. The molecule has 1 aliphatic heterocycles. The number of rotatable bonds is 0. The summed E-state index contributed by atoms with van der Waals surface area (Å²) < 4.78 is 5.65. The molecule has 0 radical (unpaired) electrons. The average Bonchev–Trinajstić information content (AvgIpc) is 2.27. The molecule has 3 atom stereocenters. The van der Waals surface area contributed by atoms with Crippen LogP contribution in [0.5, 0.6) is 0 Å². The van der Waals surface area contributed by atoms with Crippen molar-refractivity contribution in [2.45, 2.75) is 51.0 Å². The Balaban J connectivity index is 1.97. The van der Waals surface area contributed by atoms with Crippen molar-refractivity contribution >= 4 is 0 Å². The molecule has 0 amide bonds. The van der Waals surface area contributed by atoms with E-state index in [9.17, 15) is 0 Å². The largest absolute Gasteiger partial charge is 0.359 e. The predicted molar refractivity (Wildman–Crippen MR) is 39.7 cm³/mol. The molecule has 10 heavy (non-hydrogen) atoms. The van der Waals surface area contributed by atoms with Gasteiger partial charge in [-0.15, -0.1) is 0 Å². The van der Waals surface area contributed by atoms with Crippen LogP contribution in [-0.4, -0.2) is 18.4 Å². The summed E-state index contributed by atoms with van der Waals surface area (Å²) in [5, 5.41) is 3.43. The summed E-state index contributed by atoms with van der Waals surface area (Å²) in [6.07, 6.45) is 6.15. The third-order valence-electron chi connectivity index (χ3n) is 2.53. The Labute approximate surface area is 61.9 Å². The summed E-state index contributed by atoms with van der Waals surface area (Å²) in [7, 11) is 0. The van der Waals surface area contributed by atoms with E-state index in [2.05, 4.69) is 12.2 Å². The lowest BCUT2D eigenvalue weighted by molar-refractivity contribution is 0.0351. The molecule has 58 valence electrons. The molecular formula is C8H15NO. The lowest BCUT2D eigenvalue weighted by Gasteiger charge is -2.22. The highest BCUT2D eigenvalue weighted by molar-refractivity contribution is 4.87. The zero-order valence-electron chi connectivity index (χ0n) is 6.47. The molecule has 2 heteroatoms. The molecular weight excluding hydrogens is 126 g/mol. The molecule has 2 aliphatic rings. The van der Waals surface area contributed by atoms with Gasteiger partial charge in [-0.2, -0.15) is 0 Å². The standard InChI is InChI=1S/C8H15NO/c1-6-9-7-4-2-3-5-8(7)10-6/h6-9H,2-5H2,1H3. The van der Waals surface area contributed by atoms with Crippen LogP contribution in [0, 0.1) is 0 Å². The first-order valence-corrected chi connectivity index (χ1v) is 4.28. The lowest BCUT2D eigenvalue weighted by Crippen LogP contribution is -2.34. The van der Waals surface area contributed by atoms with E-state index < -0.39 is 0 Å². The van der Waals surface area contributed by atoms with Crippen LogP contribution in [0.2, 0.25) is 0 Å². The zero-order chi connectivity index (χ0) is 6.97. The molecule has 0 spiro atoms. The van der Waals surface area contributed by atoms with Gasteiger partial charge in [0.15, 0.2) is 0 Å². The minimum Gasteiger partial charge on any atom is -0.359 e. The molecule has 1 heterocycles. The summed E-state index contributed by atoms with van der Waals surface area (Å²) in [5.74, 6) is 0. The van der Waals surface area contributed by atoms with E-state index in [1.807, 2.05) is 0 Å². The molecule has 0 aromatic heterocycles. The van der Waals surface area contributed by atoms with Crippen LogP contribution < -0.4 is 5.32 Å². The van der Waals surface area contributed by atoms with Gasteiger partial charge >= 0.3 is 0 Å². The lowest BCUT2D eigenvalue weighted by atomic mass is 9.93. The van der Waals surface area contributed by atoms with Crippen molar-refractivity contribution in [2.24, 2.45) is 0 Å². The van der Waals surface area contributed by atoms with Crippen LogP contribution in [0.3, 0.4) is 0 Å². The molecule has 2 rings (SSSR count). The van der Waals surface area contributed by atoms with Crippen molar-refractivity contribution in [1.82, 2.24) is 5.32 Å². The molecule has 1 N–H and O–H groups in total. The van der Waals surface area contributed by atoms with Gasteiger partial charge in [0.1, 0.15) is 6.23 Å². The third kappa shape index (κ3) is 1.06. The fraction of sp³-hybridized carbons (Fsp3) is 1.00. The first-order chi connectivity index (χ1) is 4.86. The second-order valence-electron chi connectivity index (χ2n) is 3.37. The Kier molecular flexibility index (Phi) is 1.66. The van der Waals surface area contributed by atoms with Crippen molar-refractivity contribution in [3.05, 3.63) is 0 Å². The van der Waals surface area contributed by atoms with Gasteiger partial charge in [-0.05, 0) is 19.8 Å². The van der Waals surface area contributed by atoms with Crippen LogP contribution in [0.4, 0.5) is 0 Å². The highest BCUT2D eigenvalue weighted by atomic mass is 16.5. The predicted octanol–water partition coefficient (Wildman–Crippen LogP) is 1.26. The molecule has 1 saturated heterocycles. The Morgan fingerprint density at radius 1 is 1.30 bits per heavy atom. The van der Waals surface area contributed by atoms with Gasteiger partial charge in [-0.25, -0.2) is 0 Å². The highest BCUT2D eigenvalue weighted by Gasteiger charge is 2.33. The maximum atomic E-state index is 5.65. The Morgan fingerprint density at radius 3 is 2.90 bits per heavy atom. The van der Waals surface area contributed by atoms with Crippen molar-refractivity contribution in [2.75, 3.05) is 0 Å². The quantitative estimate of drug-likeness (QED) is 0.548. The van der Waals surface area contributed by atoms with Crippen molar-refractivity contribution in [3.8, 4) is 0 Å². The number of hydrogen-bond acceptors (Lipinski definition) is 2. The van der Waals surface area contributed by atoms with Crippen molar-refractivity contribution < 1.29 is 4.74 Å². The number of fused-ring (bicyclic) bond motifs is 1. The second kappa shape index (κ2) is 2.51. The maximum Gasteiger partial charge on any atom is 0.106 e. The van der Waals surface area contributed by atoms with Gasteiger partial charge < -0.3 is 4.74 Å². The van der Waals surface area contributed by atoms with E-state index in [1.165, 1.54) is 25.7 Å². The molecule has 1 aliphatic carbocycles. The first kappa shape index (κ1) is 6.62. The number of ether oxygens (including phenoxy) is 1. The average molecular weight is 141 g/mol. The van der Waals surface area contributed by atoms with Crippen LogP contribution in [0.1, 0.15) is 32.6 Å². The third-order valence-corrected chi connectivity index (χ3v) is 2.53. The smallest absolute Gasteiger partial charge is 0.106 e. The molecule has 2 fully saturated rings. The minimum absolute atomic E-state index is 0.299. The Morgan fingerprint density at radius 2 is 2.10 bits per heavy atom. The van der Waals surface area contributed by atoms with Crippen LogP contribution in [0.25, 0.3) is 0 Å². The number of nitrogens with one attached hydrogen (secondary N) is 1. The van der Waals surface area contributed by atoms with Gasteiger partial charge in [-0.3, -0.25) is 5.32 Å². The minimum atomic E-state index is 0.299. The first-order valence-electron chi connectivity index (χ1n) is 4.28. The summed E-state index contributed by atoms with van der Waals surface area (Å²) >= 11 is 0. The van der Waals surface area contributed by atoms with E-state index in [-0.39, 0.29) is 0 Å². The van der Waals surface area contributed by atoms with E-state index in [4.69, 9.17) is 4.74 Å². The Hall–Kier alpha value is -0.0800. The van der Waals surface area contributed by atoms with Gasteiger partial charge in [0.05, 0.1) is 6.10 Å². The van der Waals surface area contributed by atoms with Crippen LogP contribution in [0.15, 0.2) is 0 Å². The van der Waals surface area contributed by atoms with Gasteiger partial charge in [0.2, 0.25) is 0 Å². The van der Waals surface area contributed by atoms with E-state index >= 15 is 0 Å². The molecule has 2 nitrogen and oxygen atoms in total. The van der Waals surface area contributed by atoms with Gasteiger partial charge in [0.25, 0.3) is 0 Å². The fourth-order valence-electron chi connectivity index (χ4n) is 2.05.